The van der Waals surface area contributed by atoms with Crippen LogP contribution in [0.15, 0.2) is 24.3 Å². The van der Waals surface area contributed by atoms with E-state index in [0.717, 1.165) is 24.8 Å². The van der Waals surface area contributed by atoms with Gasteiger partial charge >= 0.3 is 0 Å². The average Bonchev–Trinajstić information content (AvgIpc) is 3.05. The molecule has 0 bridgehead atoms. The van der Waals surface area contributed by atoms with Gasteiger partial charge in [-0.1, -0.05) is 0 Å². The van der Waals surface area contributed by atoms with Crippen LogP contribution in [0.25, 0.3) is 11.3 Å². The highest BCUT2D eigenvalue weighted by Crippen LogP contribution is 2.30. The molecule has 0 N–H and O–H groups in total. The maximum atomic E-state index is 12.2. The third kappa shape index (κ3) is 3.81. The Morgan fingerprint density at radius 3 is 2.67 bits per heavy atom. The van der Waals surface area contributed by atoms with Crippen LogP contribution in [-0.4, -0.2) is 41.7 Å². The largest absolute Gasteiger partial charge is 0.488 e. The Labute approximate surface area is 138 Å². The highest BCUT2D eigenvalue weighted by molar-refractivity contribution is 5.64. The summed E-state index contributed by atoms with van der Waals surface area (Å²) in [7, 11) is 1.53. The molecule has 1 aliphatic rings. The highest BCUT2D eigenvalue weighted by Gasteiger charge is 2.22. The van der Waals surface area contributed by atoms with Crippen molar-refractivity contribution >= 4 is 0 Å². The second-order valence-electron chi connectivity index (χ2n) is 5.43. The minimum Gasteiger partial charge on any atom is -0.488 e. The van der Waals surface area contributed by atoms with Crippen LogP contribution in [0.1, 0.15) is 25.5 Å². The van der Waals surface area contributed by atoms with Crippen molar-refractivity contribution in [3.05, 3.63) is 24.3 Å². The minimum absolute atomic E-state index is 0.185. The zero-order valence-electron chi connectivity index (χ0n) is 13.3. The van der Waals surface area contributed by atoms with Crippen molar-refractivity contribution in [3.8, 4) is 22.9 Å². The Balaban J connectivity index is 1.79. The SMILES string of the molecule is COc1nn(C2CCCCO2)nc1-c1ccc(OCC(F)F)cc1. The van der Waals surface area contributed by atoms with Crippen LogP contribution >= 0.6 is 0 Å². The number of aromatic nitrogens is 3. The number of hydrogen-bond acceptors (Lipinski definition) is 5. The summed E-state index contributed by atoms with van der Waals surface area (Å²) >= 11 is 0. The van der Waals surface area contributed by atoms with Crippen LogP contribution < -0.4 is 9.47 Å². The number of hydrogen-bond donors (Lipinski definition) is 0. The van der Waals surface area contributed by atoms with Gasteiger partial charge in [0, 0.05) is 12.2 Å². The van der Waals surface area contributed by atoms with Gasteiger partial charge in [0.2, 0.25) is 0 Å². The Hall–Kier alpha value is -2.22. The molecule has 1 unspecified atom stereocenters. The van der Waals surface area contributed by atoms with E-state index in [1.165, 1.54) is 11.9 Å². The van der Waals surface area contributed by atoms with Gasteiger partial charge in [0.1, 0.15) is 12.4 Å². The van der Waals surface area contributed by atoms with Crippen LogP contribution in [-0.2, 0) is 4.74 Å². The van der Waals surface area contributed by atoms with Gasteiger partial charge in [0.05, 0.1) is 7.11 Å². The third-order valence-electron chi connectivity index (χ3n) is 3.71. The van der Waals surface area contributed by atoms with Crippen LogP contribution in [0.4, 0.5) is 8.78 Å². The van der Waals surface area contributed by atoms with Crippen LogP contribution in [0.5, 0.6) is 11.6 Å². The number of methoxy groups -OCH3 is 1. The molecular weight excluding hydrogens is 320 g/mol. The quantitative estimate of drug-likeness (QED) is 0.808. The third-order valence-corrected chi connectivity index (χ3v) is 3.71. The monoisotopic (exact) mass is 339 g/mol. The average molecular weight is 339 g/mol. The Morgan fingerprint density at radius 2 is 2.04 bits per heavy atom. The molecule has 24 heavy (non-hydrogen) atoms. The topological polar surface area (TPSA) is 58.4 Å². The van der Waals surface area contributed by atoms with E-state index in [1.54, 1.807) is 24.3 Å². The van der Waals surface area contributed by atoms with Gasteiger partial charge in [-0.15, -0.1) is 10.2 Å². The summed E-state index contributed by atoms with van der Waals surface area (Å²) in [5, 5.41) is 8.81. The standard InChI is InChI=1S/C16H19F2N3O3/c1-22-16-15(19-21(20-16)14-4-2-3-9-23-14)11-5-7-12(8-6-11)24-10-13(17)18/h5-8,13-14H,2-4,9-10H2,1H3. The maximum absolute atomic E-state index is 12.2. The van der Waals surface area contributed by atoms with Gasteiger partial charge in [0.25, 0.3) is 12.3 Å². The molecule has 1 aromatic carbocycles. The molecule has 1 aliphatic heterocycles. The van der Waals surface area contributed by atoms with Gasteiger partial charge in [-0.3, -0.25) is 0 Å². The van der Waals surface area contributed by atoms with Gasteiger partial charge in [-0.25, -0.2) is 8.78 Å². The predicted octanol–water partition coefficient (Wildman–Crippen LogP) is 3.30. The van der Waals surface area contributed by atoms with Crippen LogP contribution in [0.2, 0.25) is 0 Å². The lowest BCUT2D eigenvalue weighted by atomic mass is 10.1. The maximum Gasteiger partial charge on any atom is 0.272 e. The molecule has 0 radical (unpaired) electrons. The minimum atomic E-state index is -2.50. The smallest absolute Gasteiger partial charge is 0.272 e. The van der Waals surface area contributed by atoms with E-state index in [4.69, 9.17) is 14.2 Å². The number of rotatable bonds is 6. The van der Waals surface area contributed by atoms with E-state index in [9.17, 15) is 8.78 Å². The molecule has 8 heteroatoms. The lowest BCUT2D eigenvalue weighted by Gasteiger charge is -2.21. The molecule has 0 aliphatic carbocycles. The summed E-state index contributed by atoms with van der Waals surface area (Å²) < 4.78 is 40.3. The summed E-state index contributed by atoms with van der Waals surface area (Å²) in [5.41, 5.74) is 1.34. The Morgan fingerprint density at radius 1 is 1.25 bits per heavy atom. The summed E-state index contributed by atoms with van der Waals surface area (Å²) in [4.78, 5) is 1.54. The lowest BCUT2D eigenvalue weighted by Crippen LogP contribution is -2.20. The molecular formula is C16H19F2N3O3. The Kier molecular flexibility index (Phi) is 5.24. The Bertz CT molecular complexity index is 655. The van der Waals surface area contributed by atoms with Gasteiger partial charge in [0.15, 0.2) is 11.9 Å². The van der Waals surface area contributed by atoms with Gasteiger partial charge in [-0.05, 0) is 43.5 Å². The molecule has 2 aromatic rings. The van der Waals surface area contributed by atoms with E-state index < -0.39 is 13.0 Å². The van der Waals surface area contributed by atoms with E-state index in [0.29, 0.717) is 23.9 Å². The first-order chi connectivity index (χ1) is 11.7. The van der Waals surface area contributed by atoms with Crippen molar-refractivity contribution in [1.29, 1.82) is 0 Å². The van der Waals surface area contributed by atoms with Crippen molar-refractivity contribution in [3.63, 3.8) is 0 Å². The van der Waals surface area contributed by atoms with Gasteiger partial charge in [-0.2, -0.15) is 4.80 Å². The molecule has 6 nitrogen and oxygen atoms in total. The second-order valence-corrected chi connectivity index (χ2v) is 5.43. The van der Waals surface area contributed by atoms with Crippen molar-refractivity contribution in [2.45, 2.75) is 31.9 Å². The van der Waals surface area contributed by atoms with Crippen molar-refractivity contribution in [1.82, 2.24) is 15.0 Å². The van der Waals surface area contributed by atoms with E-state index in [2.05, 4.69) is 10.2 Å². The predicted molar refractivity (Wildman–Crippen MR) is 82.3 cm³/mol. The summed E-state index contributed by atoms with van der Waals surface area (Å²) in [6, 6.07) is 6.71. The molecule has 1 fully saturated rings. The first kappa shape index (κ1) is 16.6. The molecule has 0 spiro atoms. The molecule has 1 aromatic heterocycles. The normalized spacial score (nSPS) is 17.9. The number of alkyl halides is 2. The summed E-state index contributed by atoms with van der Waals surface area (Å²) in [6.45, 7) is 0.0674. The summed E-state index contributed by atoms with van der Waals surface area (Å²) in [6.07, 6.45) is 0.287. The zero-order chi connectivity index (χ0) is 16.9. The fourth-order valence-electron chi connectivity index (χ4n) is 2.53. The van der Waals surface area contributed by atoms with Crippen LogP contribution in [0, 0.1) is 0 Å². The molecule has 2 heterocycles. The first-order valence-electron chi connectivity index (χ1n) is 7.81. The number of ether oxygens (including phenoxy) is 3. The zero-order valence-corrected chi connectivity index (χ0v) is 13.3. The molecule has 3 rings (SSSR count). The van der Waals surface area contributed by atoms with E-state index in [-0.39, 0.29) is 6.23 Å². The molecule has 1 saturated heterocycles. The highest BCUT2D eigenvalue weighted by atomic mass is 19.3. The molecule has 130 valence electrons. The number of nitrogens with zero attached hydrogens (tertiary/aromatic N) is 3. The molecule has 0 amide bonds. The fourth-order valence-corrected chi connectivity index (χ4v) is 2.53. The fraction of sp³-hybridized carbons (Fsp3) is 0.500. The number of benzene rings is 1. The molecule has 1 atom stereocenters. The van der Waals surface area contributed by atoms with Crippen molar-refractivity contribution in [2.24, 2.45) is 0 Å². The number of halogens is 2. The van der Waals surface area contributed by atoms with E-state index >= 15 is 0 Å². The van der Waals surface area contributed by atoms with Gasteiger partial charge < -0.3 is 14.2 Å². The second kappa shape index (κ2) is 7.57. The van der Waals surface area contributed by atoms with Crippen LogP contribution in [0.3, 0.4) is 0 Å². The lowest BCUT2D eigenvalue weighted by molar-refractivity contribution is -0.0483. The van der Waals surface area contributed by atoms with Crippen molar-refractivity contribution in [2.75, 3.05) is 20.3 Å². The first-order valence-corrected chi connectivity index (χ1v) is 7.81. The van der Waals surface area contributed by atoms with Crippen molar-refractivity contribution < 1.29 is 23.0 Å². The van der Waals surface area contributed by atoms with E-state index in [1.807, 2.05) is 0 Å². The molecule has 0 saturated carbocycles. The summed E-state index contributed by atoms with van der Waals surface area (Å²) in [5.74, 6) is 0.770.